The van der Waals surface area contributed by atoms with Gasteiger partial charge in [-0.25, -0.2) is 4.90 Å². The largest absolute Gasteiger partial charge is 0.494 e. The molecule has 1 heterocycles. The number of carbonyl (C=O) groups is 4. The Morgan fingerprint density at radius 3 is 2.29 bits per heavy atom. The van der Waals surface area contributed by atoms with Crippen molar-refractivity contribution in [3.63, 3.8) is 0 Å². The lowest BCUT2D eigenvalue weighted by Gasteiger charge is -2.18. The van der Waals surface area contributed by atoms with Gasteiger partial charge in [0.25, 0.3) is 17.7 Å². The summed E-state index contributed by atoms with van der Waals surface area (Å²) < 4.78 is 5.41. The van der Waals surface area contributed by atoms with E-state index >= 15 is 0 Å². The van der Waals surface area contributed by atoms with Crippen molar-refractivity contribution in [2.45, 2.75) is 13.5 Å². The van der Waals surface area contributed by atoms with E-state index in [0.717, 1.165) is 10.5 Å². The van der Waals surface area contributed by atoms with Crippen molar-refractivity contribution >= 4 is 29.3 Å². The van der Waals surface area contributed by atoms with Gasteiger partial charge in [0, 0.05) is 24.7 Å². The minimum atomic E-state index is -0.547. The summed E-state index contributed by atoms with van der Waals surface area (Å²) in [7, 11) is 1.62. The third kappa shape index (κ3) is 4.25. The van der Waals surface area contributed by atoms with Crippen LogP contribution in [0.25, 0.3) is 0 Å². The number of primary amides is 1. The Morgan fingerprint density at radius 2 is 1.62 bits per heavy atom. The molecule has 0 bridgehead atoms. The highest BCUT2D eigenvalue weighted by atomic mass is 16.5. The van der Waals surface area contributed by atoms with Gasteiger partial charge in [-0.3, -0.25) is 19.2 Å². The molecular formula is C26H23N3O5. The van der Waals surface area contributed by atoms with Crippen molar-refractivity contribution < 1.29 is 23.9 Å². The number of benzene rings is 3. The zero-order chi connectivity index (χ0) is 24.4. The zero-order valence-corrected chi connectivity index (χ0v) is 18.8. The molecule has 0 aliphatic carbocycles. The molecule has 0 aromatic heterocycles. The summed E-state index contributed by atoms with van der Waals surface area (Å²) in [5.41, 5.74) is 7.54. The third-order valence-electron chi connectivity index (χ3n) is 5.52. The molecular weight excluding hydrogens is 434 g/mol. The van der Waals surface area contributed by atoms with Gasteiger partial charge in [-0.05, 0) is 67.1 Å². The zero-order valence-electron chi connectivity index (χ0n) is 18.8. The number of anilines is 1. The molecule has 3 aromatic carbocycles. The Morgan fingerprint density at radius 1 is 0.912 bits per heavy atom. The number of fused-ring (bicyclic) bond motifs is 1. The van der Waals surface area contributed by atoms with E-state index in [-0.39, 0.29) is 29.1 Å². The molecule has 4 rings (SSSR count). The van der Waals surface area contributed by atoms with Gasteiger partial charge < -0.3 is 15.4 Å². The summed E-state index contributed by atoms with van der Waals surface area (Å²) in [5, 5.41) is 0. The van der Waals surface area contributed by atoms with E-state index < -0.39 is 17.7 Å². The van der Waals surface area contributed by atoms with Crippen molar-refractivity contribution in [1.29, 1.82) is 0 Å². The van der Waals surface area contributed by atoms with Gasteiger partial charge in [0.05, 0.1) is 23.4 Å². The highest BCUT2D eigenvalue weighted by Crippen LogP contribution is 2.30. The number of carbonyl (C=O) groups excluding carboxylic acids is 4. The van der Waals surface area contributed by atoms with E-state index in [1.807, 2.05) is 6.92 Å². The standard InChI is InChI=1S/C26H23N3O5/c1-3-34-20-10-8-19(9-11-20)29-25(32)21-12-7-18(14-22(21)26(29)33)24(31)28(2)15-16-5-4-6-17(13-16)23(27)30/h4-14H,3,15H2,1-2H3,(H2,27,30). The molecule has 0 spiro atoms. The van der Waals surface area contributed by atoms with E-state index in [4.69, 9.17) is 10.5 Å². The summed E-state index contributed by atoms with van der Waals surface area (Å²) in [6.07, 6.45) is 0. The maximum absolute atomic E-state index is 13.1. The summed E-state index contributed by atoms with van der Waals surface area (Å²) in [6, 6.07) is 17.9. The highest BCUT2D eigenvalue weighted by molar-refractivity contribution is 6.34. The van der Waals surface area contributed by atoms with Gasteiger partial charge in [0.2, 0.25) is 5.91 Å². The number of ether oxygens (including phenoxy) is 1. The van der Waals surface area contributed by atoms with E-state index in [1.165, 1.54) is 23.1 Å². The number of nitrogens with zero attached hydrogens (tertiary/aromatic N) is 2. The minimum absolute atomic E-state index is 0.175. The Labute approximate surface area is 196 Å². The molecule has 2 N–H and O–H groups in total. The van der Waals surface area contributed by atoms with Crippen LogP contribution in [0, 0.1) is 0 Å². The van der Waals surface area contributed by atoms with Crippen molar-refractivity contribution in [1.82, 2.24) is 4.90 Å². The fraction of sp³-hybridized carbons (Fsp3) is 0.154. The van der Waals surface area contributed by atoms with Crippen LogP contribution in [0.4, 0.5) is 5.69 Å². The molecule has 1 aliphatic rings. The number of hydrogen-bond donors (Lipinski definition) is 1. The van der Waals surface area contributed by atoms with Crippen LogP contribution in [0.5, 0.6) is 5.75 Å². The normalized spacial score (nSPS) is 12.5. The van der Waals surface area contributed by atoms with Gasteiger partial charge >= 0.3 is 0 Å². The summed E-state index contributed by atoms with van der Waals surface area (Å²) in [6.45, 7) is 2.61. The summed E-state index contributed by atoms with van der Waals surface area (Å²) in [4.78, 5) is 52.9. The van der Waals surface area contributed by atoms with Gasteiger partial charge in [-0.15, -0.1) is 0 Å². The molecule has 8 heteroatoms. The number of amides is 4. The van der Waals surface area contributed by atoms with Gasteiger partial charge in [-0.2, -0.15) is 0 Å². The second-order valence-corrected chi connectivity index (χ2v) is 7.86. The first-order valence-electron chi connectivity index (χ1n) is 10.7. The molecule has 0 fully saturated rings. The summed E-state index contributed by atoms with van der Waals surface area (Å²) >= 11 is 0. The van der Waals surface area contributed by atoms with Crippen LogP contribution >= 0.6 is 0 Å². The lowest BCUT2D eigenvalue weighted by atomic mass is 10.0. The number of imide groups is 1. The molecule has 0 saturated carbocycles. The van der Waals surface area contributed by atoms with Crippen molar-refractivity contribution in [2.75, 3.05) is 18.6 Å². The van der Waals surface area contributed by atoms with E-state index in [2.05, 4.69) is 0 Å². The van der Waals surface area contributed by atoms with Gasteiger partial charge in [0.1, 0.15) is 5.75 Å². The smallest absolute Gasteiger partial charge is 0.266 e. The quantitative estimate of drug-likeness (QED) is 0.548. The maximum atomic E-state index is 13.1. The van der Waals surface area contributed by atoms with Crippen LogP contribution in [0.1, 0.15) is 53.9 Å². The van der Waals surface area contributed by atoms with Gasteiger partial charge in [-0.1, -0.05) is 12.1 Å². The summed E-state index contributed by atoms with van der Waals surface area (Å²) in [5.74, 6) is -1.17. The van der Waals surface area contributed by atoms with E-state index in [9.17, 15) is 19.2 Å². The molecule has 4 amide bonds. The lowest BCUT2D eigenvalue weighted by molar-refractivity contribution is 0.0784. The fourth-order valence-corrected chi connectivity index (χ4v) is 3.86. The van der Waals surface area contributed by atoms with Crippen LogP contribution in [0.2, 0.25) is 0 Å². The Balaban J connectivity index is 1.55. The topological polar surface area (TPSA) is 110 Å². The molecule has 34 heavy (non-hydrogen) atoms. The van der Waals surface area contributed by atoms with Crippen LogP contribution in [-0.4, -0.2) is 42.2 Å². The molecule has 3 aromatic rings. The number of hydrogen-bond acceptors (Lipinski definition) is 5. The van der Waals surface area contributed by atoms with Crippen LogP contribution in [0.3, 0.4) is 0 Å². The van der Waals surface area contributed by atoms with Crippen LogP contribution in [0.15, 0.2) is 66.7 Å². The second kappa shape index (κ2) is 9.19. The Kier molecular flexibility index (Phi) is 6.14. The minimum Gasteiger partial charge on any atom is -0.494 e. The molecule has 0 atom stereocenters. The van der Waals surface area contributed by atoms with Crippen molar-refractivity contribution in [3.8, 4) is 5.75 Å². The second-order valence-electron chi connectivity index (χ2n) is 7.86. The highest BCUT2D eigenvalue weighted by Gasteiger charge is 2.37. The predicted molar refractivity (Wildman–Crippen MR) is 126 cm³/mol. The Bertz CT molecular complexity index is 1300. The molecule has 8 nitrogen and oxygen atoms in total. The number of nitrogens with two attached hydrogens (primary N) is 1. The first-order chi connectivity index (χ1) is 16.3. The third-order valence-corrected chi connectivity index (χ3v) is 5.52. The van der Waals surface area contributed by atoms with E-state index in [1.54, 1.807) is 55.6 Å². The lowest BCUT2D eigenvalue weighted by Crippen LogP contribution is -2.29. The van der Waals surface area contributed by atoms with Crippen molar-refractivity contribution in [2.24, 2.45) is 5.73 Å². The molecule has 0 unspecified atom stereocenters. The average Bonchev–Trinajstić information content (AvgIpc) is 3.08. The fourth-order valence-electron chi connectivity index (χ4n) is 3.86. The van der Waals surface area contributed by atoms with E-state index in [0.29, 0.717) is 23.6 Å². The molecule has 0 radical (unpaired) electrons. The van der Waals surface area contributed by atoms with Crippen LogP contribution in [-0.2, 0) is 6.54 Å². The first kappa shape index (κ1) is 22.7. The van der Waals surface area contributed by atoms with Crippen molar-refractivity contribution in [3.05, 3.63) is 94.5 Å². The SMILES string of the molecule is CCOc1ccc(N2C(=O)c3ccc(C(=O)N(C)Cc4cccc(C(N)=O)c4)cc3C2=O)cc1. The molecule has 172 valence electrons. The first-order valence-corrected chi connectivity index (χ1v) is 10.7. The van der Waals surface area contributed by atoms with Gasteiger partial charge in [0.15, 0.2) is 0 Å². The monoisotopic (exact) mass is 457 g/mol. The van der Waals surface area contributed by atoms with Crippen LogP contribution < -0.4 is 15.4 Å². The predicted octanol–water partition coefficient (Wildman–Crippen LogP) is 3.26. The maximum Gasteiger partial charge on any atom is 0.266 e. The average molecular weight is 457 g/mol. The number of rotatable bonds is 7. The Hall–Kier alpha value is -4.46. The molecule has 0 saturated heterocycles. The molecule has 1 aliphatic heterocycles.